The zero-order valence-corrected chi connectivity index (χ0v) is 6.59. The molecule has 0 heterocycles. The summed E-state index contributed by atoms with van der Waals surface area (Å²) in [6.45, 7) is -0.520. The Labute approximate surface area is 69.9 Å². The third-order valence-electron chi connectivity index (χ3n) is 2.26. The molecule has 0 aromatic carbocycles. The van der Waals surface area contributed by atoms with Gasteiger partial charge in [-0.2, -0.15) is 0 Å². The zero-order chi connectivity index (χ0) is 9.35. The molecule has 2 atom stereocenters. The van der Waals surface area contributed by atoms with Crippen molar-refractivity contribution in [1.29, 1.82) is 0 Å². The molecule has 0 aliphatic heterocycles. The average Bonchev–Trinajstić information content (AvgIpc) is 2.00. The second kappa shape index (κ2) is 3.27. The van der Waals surface area contributed by atoms with Gasteiger partial charge in [-0.25, -0.2) is 0 Å². The van der Waals surface area contributed by atoms with Gasteiger partial charge in [-0.1, -0.05) is 0 Å². The van der Waals surface area contributed by atoms with E-state index in [1.807, 2.05) is 0 Å². The van der Waals surface area contributed by atoms with E-state index in [2.05, 4.69) is 0 Å². The summed E-state index contributed by atoms with van der Waals surface area (Å²) in [7, 11) is 0. The Balaban J connectivity index is 2.65. The van der Waals surface area contributed by atoms with Crippen LogP contribution in [0.4, 0.5) is 0 Å². The molecule has 0 aromatic rings. The predicted molar refractivity (Wildman–Crippen MR) is 39.3 cm³/mol. The second-order valence-electron chi connectivity index (χ2n) is 3.42. The normalized spacial score (nSPS) is 49.2. The van der Waals surface area contributed by atoms with Crippen LogP contribution in [0.1, 0.15) is 12.8 Å². The molecular weight excluding hydrogens is 164 g/mol. The summed E-state index contributed by atoms with van der Waals surface area (Å²) >= 11 is 0. The van der Waals surface area contributed by atoms with Gasteiger partial charge in [-0.3, -0.25) is 0 Å². The smallest absolute Gasteiger partial charge is 0.106 e. The predicted octanol–water partition coefficient (Wildman–Crippen LogP) is -2.41. The van der Waals surface area contributed by atoms with Crippen LogP contribution >= 0.6 is 0 Å². The first-order valence-corrected chi connectivity index (χ1v) is 3.86. The Bertz CT molecular complexity index is 148. The fraction of sp³-hybridized carbons (Fsp3) is 1.00. The highest BCUT2D eigenvalue weighted by atomic mass is 16.4. The van der Waals surface area contributed by atoms with Gasteiger partial charge in [0, 0.05) is 12.8 Å². The molecule has 1 saturated carbocycles. The van der Waals surface area contributed by atoms with E-state index >= 15 is 0 Å². The minimum Gasteiger partial charge on any atom is -0.393 e. The first kappa shape index (κ1) is 9.88. The van der Waals surface area contributed by atoms with Crippen molar-refractivity contribution in [2.45, 2.75) is 36.8 Å². The lowest BCUT2D eigenvalue weighted by molar-refractivity contribution is -0.166. The van der Waals surface area contributed by atoms with Crippen LogP contribution in [0.2, 0.25) is 0 Å². The van der Waals surface area contributed by atoms with Gasteiger partial charge in [0.1, 0.15) is 6.10 Å². The maximum atomic E-state index is 9.46. The van der Waals surface area contributed by atoms with E-state index in [4.69, 9.17) is 20.4 Å². The van der Waals surface area contributed by atoms with E-state index in [9.17, 15) is 5.11 Å². The van der Waals surface area contributed by atoms with Gasteiger partial charge in [0.15, 0.2) is 0 Å². The van der Waals surface area contributed by atoms with Crippen molar-refractivity contribution in [1.82, 2.24) is 0 Å². The summed E-state index contributed by atoms with van der Waals surface area (Å²) in [4.78, 5) is 0. The molecule has 0 bridgehead atoms. The Hall–Kier alpha value is -0.200. The highest BCUT2D eigenvalue weighted by molar-refractivity contribution is 4.94. The summed E-state index contributed by atoms with van der Waals surface area (Å²) < 4.78 is 0. The van der Waals surface area contributed by atoms with Gasteiger partial charge in [0.05, 0.1) is 24.4 Å². The highest BCUT2D eigenvalue weighted by Gasteiger charge is 2.42. The first-order valence-electron chi connectivity index (χ1n) is 3.86. The van der Waals surface area contributed by atoms with E-state index in [0.29, 0.717) is 0 Å². The van der Waals surface area contributed by atoms with Crippen LogP contribution in [0.3, 0.4) is 0 Å². The van der Waals surface area contributed by atoms with Gasteiger partial charge in [-0.05, 0) is 0 Å². The summed E-state index contributed by atoms with van der Waals surface area (Å²) in [5.74, 6) is 0. The molecule has 1 fully saturated rings. The van der Waals surface area contributed by atoms with Crippen LogP contribution in [0.5, 0.6) is 0 Å². The monoisotopic (exact) mass is 178 g/mol. The molecule has 5 N–H and O–H groups in total. The molecule has 5 nitrogen and oxygen atoms in total. The fourth-order valence-electron chi connectivity index (χ4n) is 1.49. The fourth-order valence-corrected chi connectivity index (χ4v) is 1.49. The molecule has 0 aromatic heterocycles. The number of aliphatic hydroxyl groups is 5. The van der Waals surface area contributed by atoms with Crippen LogP contribution < -0.4 is 0 Å². The largest absolute Gasteiger partial charge is 0.393 e. The quantitative estimate of drug-likeness (QED) is 0.308. The Morgan fingerprint density at radius 2 is 1.50 bits per heavy atom. The van der Waals surface area contributed by atoms with E-state index in [-0.39, 0.29) is 12.8 Å². The second-order valence-corrected chi connectivity index (χ2v) is 3.42. The summed E-state index contributed by atoms with van der Waals surface area (Å²) in [5, 5.41) is 45.5. The standard InChI is InChI=1S/C7H14O5/c8-3-7(12)1-4(9)6(11)5(10)2-7/h4-6,8-12H,1-3H2/t4-,5-,6?,7?/m1/s1. The van der Waals surface area contributed by atoms with Crippen molar-refractivity contribution in [3.8, 4) is 0 Å². The lowest BCUT2D eigenvalue weighted by atomic mass is 9.80. The number of hydrogen-bond acceptors (Lipinski definition) is 5. The molecule has 1 aliphatic carbocycles. The van der Waals surface area contributed by atoms with Crippen LogP contribution in [-0.4, -0.2) is 56.1 Å². The topological polar surface area (TPSA) is 101 Å². The van der Waals surface area contributed by atoms with Crippen LogP contribution in [0.25, 0.3) is 0 Å². The van der Waals surface area contributed by atoms with Gasteiger partial charge in [-0.15, -0.1) is 0 Å². The van der Waals surface area contributed by atoms with E-state index in [0.717, 1.165) is 0 Å². The van der Waals surface area contributed by atoms with E-state index in [1.165, 1.54) is 0 Å². The molecule has 0 saturated heterocycles. The average molecular weight is 178 g/mol. The third kappa shape index (κ3) is 1.75. The van der Waals surface area contributed by atoms with Gasteiger partial charge in [0.2, 0.25) is 0 Å². The highest BCUT2D eigenvalue weighted by Crippen LogP contribution is 2.28. The molecule has 12 heavy (non-hydrogen) atoms. The molecule has 0 unspecified atom stereocenters. The van der Waals surface area contributed by atoms with Crippen molar-refractivity contribution in [3.63, 3.8) is 0 Å². The SMILES string of the molecule is OCC1(O)C[C@@H](O)C(O)[C@H](O)C1. The van der Waals surface area contributed by atoms with Crippen LogP contribution in [0, 0.1) is 0 Å². The maximum absolute atomic E-state index is 9.46. The van der Waals surface area contributed by atoms with Crippen molar-refractivity contribution in [3.05, 3.63) is 0 Å². The maximum Gasteiger partial charge on any atom is 0.106 e. The van der Waals surface area contributed by atoms with Crippen molar-refractivity contribution in [2.24, 2.45) is 0 Å². The van der Waals surface area contributed by atoms with Crippen LogP contribution in [0.15, 0.2) is 0 Å². The Morgan fingerprint density at radius 3 is 1.83 bits per heavy atom. The van der Waals surface area contributed by atoms with E-state index in [1.54, 1.807) is 0 Å². The summed E-state index contributed by atoms with van der Waals surface area (Å²) in [5.41, 5.74) is -1.46. The lowest BCUT2D eigenvalue weighted by Gasteiger charge is -2.39. The summed E-state index contributed by atoms with van der Waals surface area (Å²) in [6.07, 6.45) is -3.79. The van der Waals surface area contributed by atoms with Crippen molar-refractivity contribution >= 4 is 0 Å². The number of aliphatic hydroxyl groups excluding tert-OH is 4. The molecular formula is C7H14O5. The Morgan fingerprint density at radius 1 is 1.08 bits per heavy atom. The molecule has 5 heteroatoms. The molecule has 0 amide bonds. The Kier molecular flexibility index (Phi) is 2.70. The van der Waals surface area contributed by atoms with Gasteiger partial charge < -0.3 is 25.5 Å². The lowest BCUT2D eigenvalue weighted by Crippen LogP contribution is -2.54. The van der Waals surface area contributed by atoms with E-state index < -0.39 is 30.5 Å². The molecule has 1 aliphatic rings. The minimum absolute atomic E-state index is 0.109. The molecule has 0 radical (unpaired) electrons. The summed E-state index contributed by atoms with van der Waals surface area (Å²) in [6, 6.07) is 0. The van der Waals surface area contributed by atoms with Gasteiger partial charge >= 0.3 is 0 Å². The molecule has 72 valence electrons. The van der Waals surface area contributed by atoms with Crippen LogP contribution in [-0.2, 0) is 0 Å². The minimum atomic E-state index is -1.46. The van der Waals surface area contributed by atoms with Crippen molar-refractivity contribution < 1.29 is 25.5 Å². The third-order valence-corrected chi connectivity index (χ3v) is 2.26. The number of hydrogen-bond donors (Lipinski definition) is 5. The molecule has 0 spiro atoms. The van der Waals surface area contributed by atoms with Gasteiger partial charge in [0.25, 0.3) is 0 Å². The molecule has 1 rings (SSSR count). The zero-order valence-electron chi connectivity index (χ0n) is 6.59. The number of rotatable bonds is 1. The first-order chi connectivity index (χ1) is 5.48. The van der Waals surface area contributed by atoms with Crippen molar-refractivity contribution in [2.75, 3.05) is 6.61 Å².